The molecule has 0 N–H and O–H groups in total. The van der Waals surface area contributed by atoms with Gasteiger partial charge in [-0.2, -0.15) is 5.10 Å². The number of hydrogen-bond acceptors (Lipinski definition) is 5. The number of carbonyl (C=O) groups is 1. The van der Waals surface area contributed by atoms with Gasteiger partial charge >= 0.3 is 0 Å². The van der Waals surface area contributed by atoms with Crippen LogP contribution in [0.2, 0.25) is 0 Å². The van der Waals surface area contributed by atoms with Crippen LogP contribution in [-0.2, 0) is 11.3 Å². The number of nitrogens with zero attached hydrogens (tertiary/aromatic N) is 4. The molecule has 0 spiro atoms. The minimum atomic E-state index is 0.00792. The molecule has 0 saturated heterocycles. The number of hydrogen-bond donors (Lipinski definition) is 0. The largest absolute Gasteiger partial charge is 0.349 e. The van der Waals surface area contributed by atoms with Crippen molar-refractivity contribution in [2.75, 3.05) is 13.1 Å². The molecular formula is C21H22N4OS2. The van der Waals surface area contributed by atoms with Gasteiger partial charge in [-0.05, 0) is 41.9 Å². The maximum Gasteiger partial charge on any atom is 0.257 e. The number of fused-ring (bicyclic) bond motifs is 1. The van der Waals surface area contributed by atoms with Crippen molar-refractivity contribution in [1.29, 1.82) is 0 Å². The van der Waals surface area contributed by atoms with E-state index in [4.69, 9.17) is 5.10 Å². The highest BCUT2D eigenvalue weighted by molar-refractivity contribution is 7.12. The third kappa shape index (κ3) is 3.13. The standard InChI is InChI=1S/C21H22N4OS2/c1-15-17-5-2-8-23(17)9-10-24(15)14-21(26)25-18(20-7-4-12-28-20)13-16(22-25)19-6-3-11-27-19/h2-8,11-12,15,18H,9-10,13-14H2,1H3/t15-,18-/m1/s1. The molecule has 3 aromatic heterocycles. The Balaban J connectivity index is 1.38. The summed E-state index contributed by atoms with van der Waals surface area (Å²) < 4.78 is 2.28. The van der Waals surface area contributed by atoms with E-state index in [1.165, 1.54) is 10.6 Å². The van der Waals surface area contributed by atoms with Gasteiger partial charge in [-0.1, -0.05) is 12.1 Å². The second kappa shape index (κ2) is 7.31. The molecular weight excluding hydrogens is 388 g/mol. The van der Waals surface area contributed by atoms with Crippen molar-refractivity contribution in [3.05, 3.63) is 68.8 Å². The minimum Gasteiger partial charge on any atom is -0.349 e. The molecule has 7 heteroatoms. The Morgan fingerprint density at radius 1 is 1.14 bits per heavy atom. The summed E-state index contributed by atoms with van der Waals surface area (Å²) >= 11 is 3.38. The molecule has 28 heavy (non-hydrogen) atoms. The monoisotopic (exact) mass is 410 g/mol. The Bertz CT molecular complexity index is 990. The SMILES string of the molecule is C[C@@H]1c2cccn2CCN1CC(=O)N1N=C(c2cccs2)C[C@@H]1c1cccs1. The van der Waals surface area contributed by atoms with Gasteiger partial charge < -0.3 is 4.57 Å². The topological polar surface area (TPSA) is 40.8 Å². The summed E-state index contributed by atoms with van der Waals surface area (Å²) in [5, 5.41) is 10.6. The number of carbonyl (C=O) groups excluding carboxylic acids is 1. The number of aromatic nitrogens is 1. The summed E-state index contributed by atoms with van der Waals surface area (Å²) in [6.45, 7) is 4.39. The molecule has 144 valence electrons. The molecule has 0 aliphatic carbocycles. The van der Waals surface area contributed by atoms with E-state index < -0.39 is 0 Å². The minimum absolute atomic E-state index is 0.00792. The van der Waals surface area contributed by atoms with Crippen LogP contribution in [0.25, 0.3) is 0 Å². The average molecular weight is 411 g/mol. The van der Waals surface area contributed by atoms with Crippen LogP contribution >= 0.6 is 22.7 Å². The Morgan fingerprint density at radius 2 is 2.00 bits per heavy atom. The van der Waals surface area contributed by atoms with Crippen LogP contribution < -0.4 is 0 Å². The lowest BCUT2D eigenvalue weighted by Crippen LogP contribution is -2.43. The summed E-state index contributed by atoms with van der Waals surface area (Å²) in [6.07, 6.45) is 2.90. The summed E-state index contributed by atoms with van der Waals surface area (Å²) in [4.78, 5) is 17.9. The fraction of sp³-hybridized carbons (Fsp3) is 0.333. The van der Waals surface area contributed by atoms with E-state index >= 15 is 0 Å². The van der Waals surface area contributed by atoms with Gasteiger partial charge in [0.15, 0.2) is 0 Å². The number of rotatable bonds is 4. The maximum atomic E-state index is 13.3. The lowest BCUT2D eigenvalue weighted by molar-refractivity contribution is -0.135. The van der Waals surface area contributed by atoms with E-state index in [2.05, 4.69) is 57.6 Å². The first-order chi connectivity index (χ1) is 13.7. The first-order valence-electron chi connectivity index (χ1n) is 9.56. The Hall–Kier alpha value is -2.22. The van der Waals surface area contributed by atoms with Crippen molar-refractivity contribution in [3.8, 4) is 0 Å². The smallest absolute Gasteiger partial charge is 0.257 e. The van der Waals surface area contributed by atoms with Gasteiger partial charge in [0.25, 0.3) is 5.91 Å². The van der Waals surface area contributed by atoms with Gasteiger partial charge in [0.05, 0.1) is 23.2 Å². The highest BCUT2D eigenvalue weighted by Gasteiger charge is 2.35. The molecule has 1 amide bonds. The fourth-order valence-corrected chi connectivity index (χ4v) is 5.66. The summed E-state index contributed by atoms with van der Waals surface area (Å²) in [6, 6.07) is 12.8. The summed E-state index contributed by atoms with van der Waals surface area (Å²) in [7, 11) is 0. The van der Waals surface area contributed by atoms with Crippen LogP contribution in [0.4, 0.5) is 0 Å². The number of thiophene rings is 2. The zero-order chi connectivity index (χ0) is 19.1. The van der Waals surface area contributed by atoms with Crippen molar-refractivity contribution < 1.29 is 4.79 Å². The van der Waals surface area contributed by atoms with Crippen LogP contribution in [0, 0.1) is 0 Å². The predicted molar refractivity (Wildman–Crippen MR) is 114 cm³/mol. The van der Waals surface area contributed by atoms with Crippen LogP contribution in [0.5, 0.6) is 0 Å². The molecule has 5 rings (SSSR count). The molecule has 0 fully saturated rings. The van der Waals surface area contributed by atoms with Crippen molar-refractivity contribution in [1.82, 2.24) is 14.5 Å². The van der Waals surface area contributed by atoms with Crippen LogP contribution in [0.3, 0.4) is 0 Å². The van der Waals surface area contributed by atoms with Crippen molar-refractivity contribution in [3.63, 3.8) is 0 Å². The Morgan fingerprint density at radius 3 is 2.79 bits per heavy atom. The Kier molecular flexibility index (Phi) is 4.66. The van der Waals surface area contributed by atoms with Crippen LogP contribution in [-0.4, -0.2) is 39.2 Å². The second-order valence-electron chi connectivity index (χ2n) is 7.27. The third-order valence-corrected chi connectivity index (χ3v) is 7.54. The first kappa shape index (κ1) is 17.8. The highest BCUT2D eigenvalue weighted by Crippen LogP contribution is 2.36. The van der Waals surface area contributed by atoms with Crippen molar-refractivity contribution in [2.45, 2.75) is 32.0 Å². The zero-order valence-corrected chi connectivity index (χ0v) is 17.3. The lowest BCUT2D eigenvalue weighted by atomic mass is 10.1. The highest BCUT2D eigenvalue weighted by atomic mass is 32.1. The normalized spacial score (nSPS) is 22.3. The summed E-state index contributed by atoms with van der Waals surface area (Å²) in [5.41, 5.74) is 2.29. The van der Waals surface area contributed by atoms with E-state index in [1.54, 1.807) is 27.7 Å². The molecule has 5 heterocycles. The van der Waals surface area contributed by atoms with Gasteiger partial charge in [-0.15, -0.1) is 22.7 Å². The van der Waals surface area contributed by atoms with Gasteiger partial charge in [0, 0.05) is 42.3 Å². The van der Waals surface area contributed by atoms with Crippen molar-refractivity contribution >= 4 is 34.3 Å². The zero-order valence-electron chi connectivity index (χ0n) is 15.7. The summed E-state index contributed by atoms with van der Waals surface area (Å²) in [5.74, 6) is 0.0804. The molecule has 0 unspecified atom stereocenters. The molecule has 2 aliphatic heterocycles. The maximum absolute atomic E-state index is 13.3. The van der Waals surface area contributed by atoms with Gasteiger partial charge in [0.2, 0.25) is 0 Å². The average Bonchev–Trinajstić information content (AvgIpc) is 3.48. The van der Waals surface area contributed by atoms with Crippen LogP contribution in [0.1, 0.15) is 40.9 Å². The number of amides is 1. The van der Waals surface area contributed by atoms with Gasteiger partial charge in [-0.3, -0.25) is 9.69 Å². The first-order valence-corrected chi connectivity index (χ1v) is 11.3. The quantitative estimate of drug-likeness (QED) is 0.641. The Labute approximate surface area is 172 Å². The third-order valence-electron chi connectivity index (χ3n) is 5.65. The molecule has 0 radical (unpaired) electrons. The molecule has 2 atom stereocenters. The van der Waals surface area contributed by atoms with E-state index in [1.807, 2.05) is 12.1 Å². The van der Waals surface area contributed by atoms with Gasteiger partial charge in [0.1, 0.15) is 0 Å². The molecule has 2 aliphatic rings. The molecule has 3 aromatic rings. The van der Waals surface area contributed by atoms with E-state index in [0.717, 1.165) is 30.1 Å². The van der Waals surface area contributed by atoms with E-state index in [0.29, 0.717) is 6.54 Å². The van der Waals surface area contributed by atoms with E-state index in [9.17, 15) is 4.79 Å². The fourth-order valence-electron chi connectivity index (χ4n) is 4.12. The molecule has 0 saturated carbocycles. The molecule has 0 bridgehead atoms. The number of hydrazone groups is 1. The predicted octanol–water partition coefficient (Wildman–Crippen LogP) is 4.37. The lowest BCUT2D eigenvalue weighted by Gasteiger charge is -2.35. The van der Waals surface area contributed by atoms with Crippen LogP contribution in [0.15, 0.2) is 58.5 Å². The van der Waals surface area contributed by atoms with E-state index in [-0.39, 0.29) is 18.0 Å². The molecule has 0 aromatic carbocycles. The van der Waals surface area contributed by atoms with Gasteiger partial charge in [-0.25, -0.2) is 5.01 Å². The second-order valence-corrected chi connectivity index (χ2v) is 9.20. The van der Waals surface area contributed by atoms with Crippen molar-refractivity contribution in [2.24, 2.45) is 5.10 Å². The molecule has 5 nitrogen and oxygen atoms in total.